The Kier molecular flexibility index (Phi) is 3.87. The van der Waals surface area contributed by atoms with E-state index in [0.29, 0.717) is 21.4 Å². The molecule has 0 unspecified atom stereocenters. The number of hydrogen-bond donors (Lipinski definition) is 1. The third-order valence-corrected chi connectivity index (χ3v) is 3.70. The summed E-state index contributed by atoms with van der Waals surface area (Å²) in [7, 11) is 0. The first kappa shape index (κ1) is 14.3. The molecule has 7 heteroatoms. The van der Waals surface area contributed by atoms with Crippen molar-refractivity contribution in [3.63, 3.8) is 0 Å². The highest BCUT2D eigenvalue weighted by molar-refractivity contribution is 9.10. The van der Waals surface area contributed by atoms with Crippen molar-refractivity contribution >= 4 is 28.1 Å². The summed E-state index contributed by atoms with van der Waals surface area (Å²) in [6, 6.07) is 3.51. The van der Waals surface area contributed by atoms with Crippen molar-refractivity contribution in [2.45, 2.75) is 19.5 Å². The predicted octanol–water partition coefficient (Wildman–Crippen LogP) is 4.88. The van der Waals surface area contributed by atoms with E-state index in [0.717, 1.165) is 17.8 Å². The molecule has 19 heavy (non-hydrogen) atoms. The average molecular weight is 351 g/mol. The van der Waals surface area contributed by atoms with Crippen LogP contribution in [0.3, 0.4) is 0 Å². The molecule has 2 nitrogen and oxygen atoms in total. The van der Waals surface area contributed by atoms with Crippen LogP contribution in [0, 0.1) is 4.77 Å². The van der Waals surface area contributed by atoms with Crippen molar-refractivity contribution in [3.05, 3.63) is 44.9 Å². The third kappa shape index (κ3) is 2.76. The minimum Gasteiger partial charge on any atom is -0.337 e. The molecule has 2 rings (SSSR count). The Bertz CT molecular complexity index is 658. The number of aromatic amines is 1. The maximum absolute atomic E-state index is 12.8. The van der Waals surface area contributed by atoms with Crippen molar-refractivity contribution in [1.82, 2.24) is 9.55 Å². The fourth-order valence-corrected chi connectivity index (χ4v) is 2.49. The highest BCUT2D eigenvalue weighted by atomic mass is 79.9. The number of imidazole rings is 1. The normalized spacial score (nSPS) is 11.8. The van der Waals surface area contributed by atoms with Gasteiger partial charge in [0, 0.05) is 16.4 Å². The average Bonchev–Trinajstić information content (AvgIpc) is 2.69. The molecule has 0 aliphatic rings. The lowest BCUT2D eigenvalue weighted by atomic mass is 10.2. The molecule has 1 aromatic carbocycles. The summed E-state index contributed by atoms with van der Waals surface area (Å²) in [5.41, 5.74) is 0.513. The van der Waals surface area contributed by atoms with Gasteiger partial charge >= 0.3 is 6.18 Å². The van der Waals surface area contributed by atoms with Gasteiger partial charge in [-0.2, -0.15) is 13.2 Å². The Labute approximate surface area is 121 Å². The van der Waals surface area contributed by atoms with E-state index in [1.807, 2.05) is 6.92 Å². The Morgan fingerprint density at radius 3 is 2.63 bits per heavy atom. The van der Waals surface area contributed by atoms with Crippen LogP contribution in [0.4, 0.5) is 13.2 Å². The van der Waals surface area contributed by atoms with Crippen LogP contribution in [0.25, 0.3) is 5.69 Å². The molecular formula is C12H10BrF3N2S. The second-order valence-corrected chi connectivity index (χ2v) is 5.18. The van der Waals surface area contributed by atoms with Gasteiger partial charge in [0.2, 0.25) is 0 Å². The predicted molar refractivity (Wildman–Crippen MR) is 73.0 cm³/mol. The van der Waals surface area contributed by atoms with Crippen LogP contribution in [0.2, 0.25) is 0 Å². The van der Waals surface area contributed by atoms with E-state index in [2.05, 4.69) is 20.9 Å². The second-order valence-electron chi connectivity index (χ2n) is 3.94. The van der Waals surface area contributed by atoms with Gasteiger partial charge in [0.05, 0.1) is 11.3 Å². The molecule has 0 amide bonds. The van der Waals surface area contributed by atoms with Gasteiger partial charge in [0.1, 0.15) is 0 Å². The van der Waals surface area contributed by atoms with Crippen molar-refractivity contribution < 1.29 is 13.2 Å². The fourth-order valence-electron chi connectivity index (χ4n) is 1.79. The summed E-state index contributed by atoms with van der Waals surface area (Å²) < 4.78 is 40.8. The monoisotopic (exact) mass is 350 g/mol. The number of nitrogens with one attached hydrogen (secondary N) is 1. The SMILES string of the molecule is CCc1c[nH]c(=S)n1-c1cc(C(F)(F)F)ccc1Br. The quantitative estimate of drug-likeness (QED) is 0.765. The standard InChI is InChI=1S/C12H10BrF3N2S/c1-2-8-6-17-11(19)18(8)10-5-7(12(14,15)16)3-4-9(10)13/h3-6H,2H2,1H3,(H,17,19). The van der Waals surface area contributed by atoms with Gasteiger partial charge in [0.15, 0.2) is 4.77 Å². The zero-order chi connectivity index (χ0) is 14.2. The first-order valence-corrected chi connectivity index (χ1v) is 6.71. The van der Waals surface area contributed by atoms with E-state index in [9.17, 15) is 13.2 Å². The first-order chi connectivity index (χ1) is 8.84. The van der Waals surface area contributed by atoms with Gasteiger partial charge in [-0.15, -0.1) is 0 Å². The van der Waals surface area contributed by atoms with E-state index in [-0.39, 0.29) is 0 Å². The van der Waals surface area contributed by atoms with Gasteiger partial charge < -0.3 is 4.98 Å². The molecule has 0 radical (unpaired) electrons. The van der Waals surface area contributed by atoms with Crippen LogP contribution >= 0.6 is 28.1 Å². The number of rotatable bonds is 2. The number of aromatic nitrogens is 2. The second kappa shape index (κ2) is 5.13. The highest BCUT2D eigenvalue weighted by Gasteiger charge is 2.31. The van der Waals surface area contributed by atoms with Crippen LogP contribution in [-0.2, 0) is 12.6 Å². The Hall–Kier alpha value is -1.08. The third-order valence-electron chi connectivity index (χ3n) is 2.73. The number of nitrogens with zero attached hydrogens (tertiary/aromatic N) is 1. The maximum atomic E-state index is 12.8. The molecule has 0 aliphatic carbocycles. The van der Waals surface area contributed by atoms with Crippen molar-refractivity contribution in [2.75, 3.05) is 0 Å². The van der Waals surface area contributed by atoms with Crippen LogP contribution in [0.5, 0.6) is 0 Å². The summed E-state index contributed by atoms with van der Waals surface area (Å²) >= 11 is 8.39. The summed E-state index contributed by atoms with van der Waals surface area (Å²) in [5.74, 6) is 0. The topological polar surface area (TPSA) is 20.7 Å². The van der Waals surface area contributed by atoms with E-state index in [1.165, 1.54) is 6.07 Å². The Morgan fingerprint density at radius 1 is 1.37 bits per heavy atom. The minimum atomic E-state index is -4.37. The molecule has 2 aromatic rings. The lowest BCUT2D eigenvalue weighted by Gasteiger charge is -2.13. The zero-order valence-electron chi connectivity index (χ0n) is 9.88. The molecule has 0 saturated carbocycles. The van der Waals surface area contributed by atoms with Gasteiger partial charge in [0.25, 0.3) is 0 Å². The van der Waals surface area contributed by atoms with Gasteiger partial charge in [-0.1, -0.05) is 6.92 Å². The van der Waals surface area contributed by atoms with Crippen LogP contribution in [0.1, 0.15) is 18.2 Å². The smallest absolute Gasteiger partial charge is 0.337 e. The lowest BCUT2D eigenvalue weighted by molar-refractivity contribution is -0.137. The van der Waals surface area contributed by atoms with Crippen molar-refractivity contribution in [3.8, 4) is 5.69 Å². The molecule has 1 N–H and O–H groups in total. The molecular weight excluding hydrogens is 341 g/mol. The minimum absolute atomic E-state index is 0.372. The number of aryl methyl sites for hydroxylation is 1. The molecule has 0 aliphatic heterocycles. The Morgan fingerprint density at radius 2 is 2.05 bits per heavy atom. The van der Waals surface area contributed by atoms with Crippen molar-refractivity contribution in [2.24, 2.45) is 0 Å². The Balaban J connectivity index is 2.68. The van der Waals surface area contributed by atoms with Crippen LogP contribution in [-0.4, -0.2) is 9.55 Å². The van der Waals surface area contributed by atoms with Crippen molar-refractivity contribution in [1.29, 1.82) is 0 Å². The molecule has 1 heterocycles. The van der Waals surface area contributed by atoms with Gasteiger partial charge in [-0.3, -0.25) is 4.57 Å². The van der Waals surface area contributed by atoms with E-state index in [4.69, 9.17) is 12.2 Å². The molecule has 0 bridgehead atoms. The van der Waals surface area contributed by atoms with E-state index < -0.39 is 11.7 Å². The summed E-state index contributed by atoms with van der Waals surface area (Å²) in [5, 5.41) is 0. The number of alkyl halides is 3. The highest BCUT2D eigenvalue weighted by Crippen LogP contribution is 2.33. The number of H-pyrrole nitrogens is 1. The molecule has 102 valence electrons. The molecule has 1 aromatic heterocycles. The molecule has 0 saturated heterocycles. The maximum Gasteiger partial charge on any atom is 0.416 e. The van der Waals surface area contributed by atoms with E-state index >= 15 is 0 Å². The summed E-state index contributed by atoms with van der Waals surface area (Å²) in [6.45, 7) is 1.91. The van der Waals surface area contributed by atoms with Crippen LogP contribution in [0.15, 0.2) is 28.9 Å². The van der Waals surface area contributed by atoms with Crippen LogP contribution < -0.4 is 0 Å². The van der Waals surface area contributed by atoms with E-state index in [1.54, 1.807) is 10.8 Å². The lowest BCUT2D eigenvalue weighted by Crippen LogP contribution is -2.07. The molecule has 0 fully saturated rings. The summed E-state index contributed by atoms with van der Waals surface area (Å²) in [6.07, 6.45) is -2.01. The number of benzene rings is 1. The fraction of sp³-hybridized carbons (Fsp3) is 0.250. The molecule has 0 atom stereocenters. The van der Waals surface area contributed by atoms with Gasteiger partial charge in [-0.05, 0) is 52.8 Å². The number of halogens is 4. The zero-order valence-corrected chi connectivity index (χ0v) is 12.3. The molecule has 0 spiro atoms. The first-order valence-electron chi connectivity index (χ1n) is 5.51. The summed E-state index contributed by atoms with van der Waals surface area (Å²) in [4.78, 5) is 2.85. The van der Waals surface area contributed by atoms with Gasteiger partial charge in [-0.25, -0.2) is 0 Å². The number of hydrogen-bond acceptors (Lipinski definition) is 1. The largest absolute Gasteiger partial charge is 0.416 e.